The van der Waals surface area contributed by atoms with Crippen molar-refractivity contribution in [2.24, 2.45) is 0 Å². The summed E-state index contributed by atoms with van der Waals surface area (Å²) in [6.45, 7) is 2.47. The largest absolute Gasteiger partial charge is 0.312 e. The second-order valence-corrected chi connectivity index (χ2v) is 5.80. The molecule has 0 aliphatic rings. The first kappa shape index (κ1) is 14.9. The molecule has 3 aromatic rings. The summed E-state index contributed by atoms with van der Waals surface area (Å²) in [6.07, 6.45) is 4.46. The molecule has 0 unspecified atom stereocenters. The number of hydrogen-bond acceptors (Lipinski definition) is 5. The third-order valence-corrected chi connectivity index (χ3v) is 3.77. The molecule has 0 radical (unpaired) electrons. The van der Waals surface area contributed by atoms with E-state index in [0.717, 1.165) is 47.3 Å². The van der Waals surface area contributed by atoms with E-state index in [0.29, 0.717) is 0 Å². The predicted octanol–water partition coefficient (Wildman–Crippen LogP) is 2.01. The highest BCUT2D eigenvalue weighted by atomic mass is 79.9. The van der Waals surface area contributed by atoms with Gasteiger partial charge in [0.05, 0.1) is 11.9 Å². The van der Waals surface area contributed by atoms with Gasteiger partial charge >= 0.3 is 0 Å². The average molecular weight is 362 g/mol. The highest BCUT2D eigenvalue weighted by molar-refractivity contribution is 9.10. The molecule has 0 saturated heterocycles. The van der Waals surface area contributed by atoms with Crippen LogP contribution in [0.5, 0.6) is 0 Å². The van der Waals surface area contributed by atoms with Crippen molar-refractivity contribution in [1.29, 1.82) is 0 Å². The summed E-state index contributed by atoms with van der Waals surface area (Å²) in [5.41, 5.74) is 3.33. The fraction of sp³-hybridized carbons (Fsp3) is 0.286. The summed E-state index contributed by atoms with van der Waals surface area (Å²) in [6, 6.07) is 8.18. The van der Waals surface area contributed by atoms with Crippen LogP contribution in [0.2, 0.25) is 0 Å². The van der Waals surface area contributed by atoms with Gasteiger partial charge in [-0.1, -0.05) is 28.1 Å². The lowest BCUT2D eigenvalue weighted by Gasteiger charge is -2.06. The van der Waals surface area contributed by atoms with Crippen LogP contribution in [0.1, 0.15) is 12.0 Å². The first-order valence-electron chi connectivity index (χ1n) is 7.02. The standard InChI is InChI=1S/C14H16BrN7/c15-13-4-1-3-11(7-13)14-12(9-17-19-14)8-16-5-2-6-22-10-18-20-21-22/h1,3-4,7,9-10,16H,2,5-6,8H2,(H,17,19). The van der Waals surface area contributed by atoms with Crippen LogP contribution in [-0.2, 0) is 13.1 Å². The predicted molar refractivity (Wildman–Crippen MR) is 85.9 cm³/mol. The highest BCUT2D eigenvalue weighted by Crippen LogP contribution is 2.24. The van der Waals surface area contributed by atoms with Gasteiger partial charge in [-0.2, -0.15) is 5.10 Å². The number of aryl methyl sites for hydroxylation is 1. The number of nitrogens with one attached hydrogen (secondary N) is 2. The van der Waals surface area contributed by atoms with Crippen LogP contribution in [0.15, 0.2) is 41.3 Å². The molecule has 8 heteroatoms. The normalized spacial score (nSPS) is 11.0. The summed E-state index contributed by atoms with van der Waals surface area (Å²) in [5, 5.41) is 21.7. The van der Waals surface area contributed by atoms with Crippen molar-refractivity contribution in [2.45, 2.75) is 19.5 Å². The molecule has 0 amide bonds. The molecule has 0 fully saturated rings. The number of tetrazole rings is 1. The molecule has 22 heavy (non-hydrogen) atoms. The number of nitrogens with zero attached hydrogens (tertiary/aromatic N) is 5. The van der Waals surface area contributed by atoms with E-state index in [1.165, 1.54) is 0 Å². The molecule has 2 aromatic heterocycles. The maximum atomic E-state index is 4.16. The van der Waals surface area contributed by atoms with Crippen molar-refractivity contribution in [3.8, 4) is 11.3 Å². The number of benzene rings is 1. The zero-order chi connectivity index (χ0) is 15.2. The SMILES string of the molecule is Brc1cccc(-c2[nH]ncc2CNCCCn2cnnn2)c1. The fourth-order valence-electron chi connectivity index (χ4n) is 2.21. The fourth-order valence-corrected chi connectivity index (χ4v) is 2.61. The molecular weight excluding hydrogens is 346 g/mol. The smallest absolute Gasteiger partial charge is 0.138 e. The summed E-state index contributed by atoms with van der Waals surface area (Å²) in [7, 11) is 0. The van der Waals surface area contributed by atoms with E-state index in [1.54, 1.807) is 11.0 Å². The molecular formula is C14H16BrN7. The zero-order valence-electron chi connectivity index (χ0n) is 11.9. The van der Waals surface area contributed by atoms with E-state index < -0.39 is 0 Å². The van der Waals surface area contributed by atoms with Gasteiger partial charge in [-0.15, -0.1) is 5.10 Å². The molecule has 1 aromatic carbocycles. The Bertz CT molecular complexity index is 708. The lowest BCUT2D eigenvalue weighted by molar-refractivity contribution is 0.530. The molecule has 0 saturated carbocycles. The van der Waals surface area contributed by atoms with Crippen molar-refractivity contribution in [2.75, 3.05) is 6.54 Å². The Labute approximate surface area is 136 Å². The van der Waals surface area contributed by atoms with Gasteiger partial charge in [0, 0.05) is 28.7 Å². The molecule has 0 bridgehead atoms. The van der Waals surface area contributed by atoms with Gasteiger partial charge in [0.15, 0.2) is 0 Å². The molecule has 114 valence electrons. The van der Waals surface area contributed by atoms with Crippen LogP contribution >= 0.6 is 15.9 Å². The Morgan fingerprint density at radius 3 is 3.09 bits per heavy atom. The number of aromatic amines is 1. The van der Waals surface area contributed by atoms with Crippen molar-refractivity contribution in [3.05, 3.63) is 46.8 Å². The summed E-state index contributed by atoms with van der Waals surface area (Å²) in [5.74, 6) is 0. The number of rotatable bonds is 7. The molecule has 0 aliphatic heterocycles. The lowest BCUT2D eigenvalue weighted by atomic mass is 10.1. The molecule has 3 rings (SSSR count). The van der Waals surface area contributed by atoms with Gasteiger partial charge < -0.3 is 5.32 Å². The van der Waals surface area contributed by atoms with Crippen molar-refractivity contribution >= 4 is 15.9 Å². The van der Waals surface area contributed by atoms with E-state index in [1.807, 2.05) is 18.3 Å². The molecule has 0 atom stereocenters. The maximum absolute atomic E-state index is 4.16. The summed E-state index contributed by atoms with van der Waals surface area (Å²) >= 11 is 3.50. The first-order valence-corrected chi connectivity index (χ1v) is 7.82. The van der Waals surface area contributed by atoms with Crippen molar-refractivity contribution in [3.63, 3.8) is 0 Å². The monoisotopic (exact) mass is 361 g/mol. The number of hydrogen-bond donors (Lipinski definition) is 2. The van der Waals surface area contributed by atoms with Gasteiger partial charge in [-0.3, -0.25) is 5.10 Å². The van der Waals surface area contributed by atoms with Crippen LogP contribution in [0.3, 0.4) is 0 Å². The van der Waals surface area contributed by atoms with E-state index in [-0.39, 0.29) is 0 Å². The third kappa shape index (κ3) is 3.77. The number of halogens is 1. The van der Waals surface area contributed by atoms with E-state index >= 15 is 0 Å². The van der Waals surface area contributed by atoms with Gasteiger partial charge in [0.25, 0.3) is 0 Å². The van der Waals surface area contributed by atoms with Crippen LogP contribution in [-0.4, -0.2) is 36.9 Å². The van der Waals surface area contributed by atoms with Gasteiger partial charge in [-0.25, -0.2) is 4.68 Å². The second-order valence-electron chi connectivity index (χ2n) is 4.88. The summed E-state index contributed by atoms with van der Waals surface area (Å²) in [4.78, 5) is 0. The Kier molecular flexibility index (Phi) is 4.92. The van der Waals surface area contributed by atoms with E-state index in [2.05, 4.69) is 59.1 Å². The van der Waals surface area contributed by atoms with Crippen LogP contribution in [0.4, 0.5) is 0 Å². The Morgan fingerprint density at radius 2 is 2.27 bits per heavy atom. The minimum atomic E-state index is 0.772. The molecule has 2 N–H and O–H groups in total. The lowest BCUT2D eigenvalue weighted by Crippen LogP contribution is -2.16. The van der Waals surface area contributed by atoms with E-state index in [9.17, 15) is 0 Å². The second kappa shape index (κ2) is 7.28. The van der Waals surface area contributed by atoms with Crippen LogP contribution in [0, 0.1) is 0 Å². The Morgan fingerprint density at radius 1 is 1.32 bits per heavy atom. The van der Waals surface area contributed by atoms with E-state index in [4.69, 9.17) is 0 Å². The van der Waals surface area contributed by atoms with Crippen LogP contribution in [0.25, 0.3) is 11.3 Å². The Hall–Kier alpha value is -2.06. The molecule has 2 heterocycles. The minimum Gasteiger partial charge on any atom is -0.312 e. The quantitative estimate of drug-likeness (QED) is 0.628. The summed E-state index contributed by atoms with van der Waals surface area (Å²) < 4.78 is 2.78. The molecule has 7 nitrogen and oxygen atoms in total. The highest BCUT2D eigenvalue weighted by Gasteiger charge is 2.07. The van der Waals surface area contributed by atoms with Gasteiger partial charge in [0.2, 0.25) is 0 Å². The molecule has 0 aliphatic carbocycles. The molecule has 0 spiro atoms. The first-order chi connectivity index (χ1) is 10.8. The Balaban J connectivity index is 1.52. The number of aromatic nitrogens is 6. The maximum Gasteiger partial charge on any atom is 0.138 e. The van der Waals surface area contributed by atoms with Crippen molar-refractivity contribution < 1.29 is 0 Å². The van der Waals surface area contributed by atoms with Gasteiger partial charge in [-0.05, 0) is 35.5 Å². The number of H-pyrrole nitrogens is 1. The van der Waals surface area contributed by atoms with Crippen molar-refractivity contribution in [1.82, 2.24) is 35.7 Å². The van der Waals surface area contributed by atoms with Crippen LogP contribution < -0.4 is 5.32 Å². The minimum absolute atomic E-state index is 0.772. The third-order valence-electron chi connectivity index (χ3n) is 3.28. The average Bonchev–Trinajstić information content (AvgIpc) is 3.18. The van der Waals surface area contributed by atoms with Gasteiger partial charge in [0.1, 0.15) is 6.33 Å². The topological polar surface area (TPSA) is 84.3 Å². The zero-order valence-corrected chi connectivity index (χ0v) is 13.5.